The van der Waals surface area contributed by atoms with E-state index in [-0.39, 0.29) is 11.1 Å². The average Bonchev–Trinajstić information content (AvgIpc) is 2.98. The number of fused-ring (bicyclic) bond motifs is 1. The first kappa shape index (κ1) is 17.8. The molecule has 0 spiro atoms. The summed E-state index contributed by atoms with van der Waals surface area (Å²) in [6, 6.07) is 20.1. The van der Waals surface area contributed by atoms with Crippen LogP contribution in [-0.2, 0) is 11.4 Å². The van der Waals surface area contributed by atoms with E-state index in [4.69, 9.17) is 10.1 Å². The minimum Gasteiger partial charge on any atom is -0.488 e. The highest BCUT2D eigenvalue weighted by Crippen LogP contribution is 2.31. The molecule has 1 aliphatic heterocycles. The van der Waals surface area contributed by atoms with Crippen LogP contribution < -0.4 is 10.1 Å². The Bertz CT molecular complexity index is 1090. The predicted molar refractivity (Wildman–Crippen MR) is 114 cm³/mol. The van der Waals surface area contributed by atoms with E-state index in [0.29, 0.717) is 17.3 Å². The fraction of sp³-hybridized carbons (Fsp3) is 0.0476. The molecule has 134 valence electrons. The molecule has 0 aliphatic carbocycles. The summed E-state index contributed by atoms with van der Waals surface area (Å²) < 4.78 is 6.99. The van der Waals surface area contributed by atoms with Crippen molar-refractivity contribution in [3.8, 4) is 5.75 Å². The molecule has 0 unspecified atom stereocenters. The second-order valence-electron chi connectivity index (χ2n) is 6.00. The van der Waals surface area contributed by atoms with Gasteiger partial charge in [0.15, 0.2) is 5.17 Å². The van der Waals surface area contributed by atoms with Crippen LogP contribution in [0.15, 0.2) is 70.0 Å². The third-order valence-electron chi connectivity index (χ3n) is 4.18. The van der Waals surface area contributed by atoms with Crippen molar-refractivity contribution in [2.75, 3.05) is 0 Å². The number of nitrogens with one attached hydrogen (secondary N) is 2. The van der Waals surface area contributed by atoms with Crippen molar-refractivity contribution in [3.63, 3.8) is 0 Å². The monoisotopic (exact) mass is 438 g/mol. The number of hydrogen-bond acceptors (Lipinski definition) is 4. The lowest BCUT2D eigenvalue weighted by atomic mass is 10.1. The molecule has 2 N–H and O–H groups in total. The normalized spacial score (nSPS) is 15.4. The van der Waals surface area contributed by atoms with Crippen molar-refractivity contribution in [2.45, 2.75) is 6.61 Å². The fourth-order valence-corrected chi connectivity index (χ4v) is 3.99. The first-order valence-electron chi connectivity index (χ1n) is 8.28. The van der Waals surface area contributed by atoms with E-state index in [0.717, 1.165) is 32.7 Å². The highest BCUT2D eigenvalue weighted by molar-refractivity contribution is 9.10. The zero-order valence-corrected chi connectivity index (χ0v) is 16.6. The molecule has 4 rings (SSSR count). The van der Waals surface area contributed by atoms with Gasteiger partial charge in [-0.25, -0.2) is 0 Å². The van der Waals surface area contributed by atoms with Gasteiger partial charge in [-0.2, -0.15) is 0 Å². The van der Waals surface area contributed by atoms with Gasteiger partial charge < -0.3 is 10.1 Å². The molecule has 27 heavy (non-hydrogen) atoms. The molecule has 1 amide bonds. The average molecular weight is 439 g/mol. The molecule has 4 nitrogen and oxygen atoms in total. The largest absolute Gasteiger partial charge is 0.488 e. The molecule has 3 aromatic rings. The smallest absolute Gasteiger partial charge is 0.264 e. The zero-order valence-electron chi connectivity index (χ0n) is 14.2. The van der Waals surface area contributed by atoms with Crippen LogP contribution >= 0.6 is 27.7 Å². The summed E-state index contributed by atoms with van der Waals surface area (Å²) in [6.45, 7) is 0.425. The Balaban J connectivity index is 1.64. The van der Waals surface area contributed by atoms with Gasteiger partial charge >= 0.3 is 0 Å². The summed E-state index contributed by atoms with van der Waals surface area (Å²) in [7, 11) is 0. The van der Waals surface area contributed by atoms with Gasteiger partial charge in [-0.15, -0.1) is 0 Å². The number of rotatable bonds is 4. The summed E-state index contributed by atoms with van der Waals surface area (Å²) in [6.07, 6.45) is 1.75. The van der Waals surface area contributed by atoms with Crippen molar-refractivity contribution < 1.29 is 9.53 Å². The lowest BCUT2D eigenvalue weighted by Crippen LogP contribution is -2.18. The van der Waals surface area contributed by atoms with Crippen LogP contribution in [0, 0.1) is 5.41 Å². The third-order valence-corrected chi connectivity index (χ3v) is 5.51. The van der Waals surface area contributed by atoms with E-state index >= 15 is 0 Å². The van der Waals surface area contributed by atoms with Gasteiger partial charge in [0.2, 0.25) is 0 Å². The minimum absolute atomic E-state index is 0.138. The highest BCUT2D eigenvalue weighted by atomic mass is 79.9. The van der Waals surface area contributed by atoms with E-state index in [1.54, 1.807) is 6.08 Å². The van der Waals surface area contributed by atoms with Gasteiger partial charge in [0.25, 0.3) is 5.91 Å². The summed E-state index contributed by atoms with van der Waals surface area (Å²) in [5.74, 6) is 0.426. The Morgan fingerprint density at radius 2 is 1.93 bits per heavy atom. The van der Waals surface area contributed by atoms with Crippen LogP contribution in [0.5, 0.6) is 5.75 Å². The van der Waals surface area contributed by atoms with Gasteiger partial charge in [0.1, 0.15) is 12.4 Å². The second kappa shape index (κ2) is 7.58. The maximum Gasteiger partial charge on any atom is 0.264 e. The molecule has 0 radical (unpaired) electrons. The molecule has 0 bridgehead atoms. The van der Waals surface area contributed by atoms with Crippen molar-refractivity contribution in [3.05, 3.63) is 81.2 Å². The summed E-state index contributed by atoms with van der Waals surface area (Å²) in [4.78, 5) is 12.4. The standard InChI is InChI=1S/C21H15BrN2O2S/c22-16-8-9-18(15(10-16)11-19-20(25)24-21(23)27-19)26-12-14-6-3-5-13-4-1-2-7-17(13)14/h1-11H,12H2,(H2,23,24,25). The van der Waals surface area contributed by atoms with Crippen LogP contribution in [0.1, 0.15) is 11.1 Å². The Kier molecular flexibility index (Phi) is 5.01. The SMILES string of the molecule is N=C1NC(=O)C(=Cc2cc(Br)ccc2OCc2cccc3ccccc23)S1. The van der Waals surface area contributed by atoms with E-state index in [1.807, 2.05) is 36.4 Å². The number of hydrogen-bond donors (Lipinski definition) is 2. The van der Waals surface area contributed by atoms with Crippen molar-refractivity contribution in [1.29, 1.82) is 5.41 Å². The summed E-state index contributed by atoms with van der Waals surface area (Å²) in [5.41, 5.74) is 1.89. The maximum atomic E-state index is 11.9. The van der Waals surface area contributed by atoms with E-state index in [9.17, 15) is 4.79 Å². The number of carbonyl (C=O) groups excluding carboxylic acids is 1. The first-order chi connectivity index (χ1) is 13.1. The molecule has 3 aromatic carbocycles. The van der Waals surface area contributed by atoms with Gasteiger partial charge in [0.05, 0.1) is 4.91 Å². The van der Waals surface area contributed by atoms with E-state index in [1.165, 1.54) is 5.39 Å². The van der Waals surface area contributed by atoms with E-state index in [2.05, 4.69) is 45.5 Å². The molecule has 1 fully saturated rings. The Morgan fingerprint density at radius 1 is 1.11 bits per heavy atom. The number of halogens is 1. The molecule has 1 aliphatic rings. The number of thioether (sulfide) groups is 1. The first-order valence-corrected chi connectivity index (χ1v) is 9.89. The zero-order chi connectivity index (χ0) is 18.8. The van der Waals surface area contributed by atoms with Gasteiger partial charge in [-0.1, -0.05) is 58.4 Å². The van der Waals surface area contributed by atoms with Crippen LogP contribution in [0.3, 0.4) is 0 Å². The van der Waals surface area contributed by atoms with Crippen LogP contribution in [-0.4, -0.2) is 11.1 Å². The number of carbonyl (C=O) groups is 1. The number of amidine groups is 1. The quantitative estimate of drug-likeness (QED) is 0.541. The van der Waals surface area contributed by atoms with Crippen molar-refractivity contribution in [2.24, 2.45) is 0 Å². The molecule has 1 heterocycles. The Hall–Kier alpha value is -2.57. The summed E-state index contributed by atoms with van der Waals surface area (Å²) >= 11 is 4.58. The Morgan fingerprint density at radius 3 is 2.74 bits per heavy atom. The van der Waals surface area contributed by atoms with Crippen LogP contribution in [0.25, 0.3) is 16.8 Å². The summed E-state index contributed by atoms with van der Waals surface area (Å²) in [5, 5.41) is 12.6. The molecule has 0 saturated carbocycles. The van der Waals surface area contributed by atoms with E-state index < -0.39 is 0 Å². The lowest BCUT2D eigenvalue weighted by Gasteiger charge is -2.12. The highest BCUT2D eigenvalue weighted by Gasteiger charge is 2.22. The fourth-order valence-electron chi connectivity index (χ4n) is 2.92. The Labute approximate surface area is 169 Å². The molecular formula is C21H15BrN2O2S. The topological polar surface area (TPSA) is 62.2 Å². The lowest BCUT2D eigenvalue weighted by molar-refractivity contribution is -0.115. The number of ether oxygens (including phenoxy) is 1. The molecule has 1 saturated heterocycles. The molecular weight excluding hydrogens is 424 g/mol. The molecule has 6 heteroatoms. The van der Waals surface area contributed by atoms with Crippen LogP contribution in [0.4, 0.5) is 0 Å². The van der Waals surface area contributed by atoms with Crippen molar-refractivity contribution >= 4 is 55.6 Å². The maximum absolute atomic E-state index is 11.9. The van der Waals surface area contributed by atoms with Gasteiger partial charge in [-0.05, 0) is 52.4 Å². The minimum atomic E-state index is -0.259. The van der Waals surface area contributed by atoms with Gasteiger partial charge in [-0.3, -0.25) is 10.2 Å². The van der Waals surface area contributed by atoms with Crippen molar-refractivity contribution in [1.82, 2.24) is 5.32 Å². The second-order valence-corrected chi connectivity index (χ2v) is 7.97. The predicted octanol–water partition coefficient (Wildman–Crippen LogP) is 5.32. The number of amides is 1. The third kappa shape index (κ3) is 3.91. The number of benzene rings is 3. The van der Waals surface area contributed by atoms with Crippen LogP contribution in [0.2, 0.25) is 0 Å². The molecule has 0 aromatic heterocycles. The molecule has 0 atom stereocenters. The van der Waals surface area contributed by atoms with Gasteiger partial charge in [0, 0.05) is 10.0 Å².